The summed E-state index contributed by atoms with van der Waals surface area (Å²) in [5.41, 5.74) is 2.27. The van der Waals surface area contributed by atoms with Crippen molar-refractivity contribution in [3.63, 3.8) is 0 Å². The van der Waals surface area contributed by atoms with Crippen molar-refractivity contribution in [2.75, 3.05) is 0 Å². The molecule has 1 amide bonds. The smallest absolute Gasteiger partial charge is 0.264 e. The van der Waals surface area contributed by atoms with Crippen LogP contribution in [0.4, 0.5) is 10.1 Å². The molecule has 3 aromatic carbocycles. The van der Waals surface area contributed by atoms with Crippen LogP contribution in [0, 0.1) is 5.82 Å². The SMILES string of the molecule is O=C1NC(=Nc2ccc(Cl)cc2)S/C1=C\c1cc(Br)ccc1OCc1ccc(F)cc1. The van der Waals surface area contributed by atoms with Crippen molar-refractivity contribution in [1.82, 2.24) is 5.32 Å². The molecule has 0 saturated carbocycles. The average Bonchev–Trinajstić information content (AvgIpc) is 3.09. The number of nitrogens with one attached hydrogen (secondary N) is 1. The number of amidine groups is 1. The number of ether oxygens (including phenoxy) is 1. The van der Waals surface area contributed by atoms with Gasteiger partial charge >= 0.3 is 0 Å². The Hall–Kier alpha value is -2.61. The van der Waals surface area contributed by atoms with Crippen LogP contribution >= 0.6 is 39.3 Å². The van der Waals surface area contributed by atoms with E-state index in [-0.39, 0.29) is 18.3 Å². The van der Waals surface area contributed by atoms with Gasteiger partial charge in [0, 0.05) is 15.1 Å². The third kappa shape index (κ3) is 5.76. The molecule has 0 aromatic heterocycles. The summed E-state index contributed by atoms with van der Waals surface area (Å²) in [6.45, 7) is 0.278. The minimum absolute atomic E-state index is 0.234. The summed E-state index contributed by atoms with van der Waals surface area (Å²) in [5, 5.41) is 3.88. The maximum atomic E-state index is 13.1. The van der Waals surface area contributed by atoms with Gasteiger partial charge in [-0.15, -0.1) is 0 Å². The molecule has 31 heavy (non-hydrogen) atoms. The molecule has 1 N–H and O–H groups in total. The van der Waals surface area contributed by atoms with Crippen molar-refractivity contribution >= 4 is 62.1 Å². The molecule has 0 radical (unpaired) electrons. The molecule has 8 heteroatoms. The minimum atomic E-state index is -0.293. The van der Waals surface area contributed by atoms with Gasteiger partial charge in [-0.3, -0.25) is 4.79 Å². The number of hydrogen-bond acceptors (Lipinski definition) is 4. The van der Waals surface area contributed by atoms with E-state index >= 15 is 0 Å². The van der Waals surface area contributed by atoms with Gasteiger partial charge in [0.2, 0.25) is 0 Å². The Labute approximate surface area is 196 Å². The summed E-state index contributed by atoms with van der Waals surface area (Å²) in [7, 11) is 0. The molecule has 1 heterocycles. The highest BCUT2D eigenvalue weighted by Crippen LogP contribution is 2.32. The zero-order valence-corrected chi connectivity index (χ0v) is 19.1. The number of thioether (sulfide) groups is 1. The van der Waals surface area contributed by atoms with Crippen LogP contribution < -0.4 is 10.1 Å². The fourth-order valence-corrected chi connectivity index (χ4v) is 4.10. The minimum Gasteiger partial charge on any atom is -0.488 e. The fraction of sp³-hybridized carbons (Fsp3) is 0.0435. The Bertz CT molecular complexity index is 1180. The number of nitrogens with zero attached hydrogens (tertiary/aromatic N) is 1. The van der Waals surface area contributed by atoms with Gasteiger partial charge in [0.1, 0.15) is 18.2 Å². The molecular weight excluding hydrogens is 503 g/mol. The van der Waals surface area contributed by atoms with Crippen LogP contribution in [0.1, 0.15) is 11.1 Å². The van der Waals surface area contributed by atoms with Crippen LogP contribution in [0.3, 0.4) is 0 Å². The molecule has 1 aliphatic heterocycles. The first-order chi connectivity index (χ1) is 15.0. The van der Waals surface area contributed by atoms with Crippen LogP contribution in [0.5, 0.6) is 5.75 Å². The molecule has 156 valence electrons. The molecule has 0 spiro atoms. The highest BCUT2D eigenvalue weighted by Gasteiger charge is 2.24. The maximum absolute atomic E-state index is 13.1. The van der Waals surface area contributed by atoms with Crippen LogP contribution in [0.2, 0.25) is 5.02 Å². The van der Waals surface area contributed by atoms with E-state index in [1.165, 1.54) is 23.9 Å². The summed E-state index contributed by atoms with van der Waals surface area (Å²) >= 11 is 10.6. The molecule has 0 unspecified atom stereocenters. The number of hydrogen-bond donors (Lipinski definition) is 1. The number of carbonyl (C=O) groups excluding carboxylic acids is 1. The second kappa shape index (κ2) is 9.68. The van der Waals surface area contributed by atoms with Gasteiger partial charge in [-0.1, -0.05) is 39.7 Å². The van der Waals surface area contributed by atoms with Crippen molar-refractivity contribution in [2.24, 2.45) is 4.99 Å². The quantitative estimate of drug-likeness (QED) is 0.383. The summed E-state index contributed by atoms with van der Waals surface area (Å²) in [6.07, 6.45) is 1.76. The van der Waals surface area contributed by atoms with Crippen LogP contribution in [0.25, 0.3) is 6.08 Å². The lowest BCUT2D eigenvalue weighted by atomic mass is 10.2. The third-order valence-electron chi connectivity index (χ3n) is 4.27. The molecule has 1 fully saturated rings. The van der Waals surface area contributed by atoms with Gasteiger partial charge in [0.15, 0.2) is 5.17 Å². The van der Waals surface area contributed by atoms with Gasteiger partial charge in [0.05, 0.1) is 10.6 Å². The summed E-state index contributed by atoms with van der Waals surface area (Å²) < 4.78 is 19.9. The van der Waals surface area contributed by atoms with Gasteiger partial charge in [-0.05, 0) is 78.0 Å². The fourth-order valence-electron chi connectivity index (χ4n) is 2.76. The second-order valence-electron chi connectivity index (χ2n) is 6.56. The summed E-state index contributed by atoms with van der Waals surface area (Å²) in [4.78, 5) is 17.4. The van der Waals surface area contributed by atoms with Crippen molar-refractivity contribution in [3.8, 4) is 5.75 Å². The molecule has 1 aliphatic rings. The van der Waals surface area contributed by atoms with E-state index in [9.17, 15) is 9.18 Å². The molecule has 1 saturated heterocycles. The Balaban J connectivity index is 1.54. The monoisotopic (exact) mass is 516 g/mol. The predicted octanol–water partition coefficient (Wildman–Crippen LogP) is 6.71. The van der Waals surface area contributed by atoms with Crippen LogP contribution in [-0.2, 0) is 11.4 Å². The zero-order valence-electron chi connectivity index (χ0n) is 15.9. The lowest BCUT2D eigenvalue weighted by Crippen LogP contribution is -2.19. The molecule has 0 atom stereocenters. The molecule has 4 rings (SSSR count). The number of rotatable bonds is 5. The first kappa shape index (κ1) is 21.6. The molecular formula is C23H15BrClFN2O2S. The Morgan fingerprint density at radius 3 is 2.58 bits per heavy atom. The van der Waals surface area contributed by atoms with Crippen molar-refractivity contribution in [2.45, 2.75) is 6.61 Å². The zero-order chi connectivity index (χ0) is 21.8. The number of benzene rings is 3. The lowest BCUT2D eigenvalue weighted by Gasteiger charge is -2.10. The summed E-state index contributed by atoms with van der Waals surface area (Å²) in [5.74, 6) is 0.0804. The highest BCUT2D eigenvalue weighted by molar-refractivity contribution is 9.10. The van der Waals surface area contributed by atoms with Gasteiger partial charge in [-0.2, -0.15) is 0 Å². The number of amides is 1. The van der Waals surface area contributed by atoms with Crippen LogP contribution in [-0.4, -0.2) is 11.1 Å². The Morgan fingerprint density at radius 1 is 1.10 bits per heavy atom. The first-order valence-corrected chi connectivity index (χ1v) is 11.2. The van der Waals surface area contributed by atoms with E-state index in [4.69, 9.17) is 16.3 Å². The topological polar surface area (TPSA) is 50.7 Å². The summed E-state index contributed by atoms with van der Waals surface area (Å²) in [6, 6.07) is 18.7. The molecule has 4 nitrogen and oxygen atoms in total. The van der Waals surface area contributed by atoms with E-state index < -0.39 is 0 Å². The third-order valence-corrected chi connectivity index (χ3v) is 5.93. The molecule has 0 bridgehead atoms. The van der Waals surface area contributed by atoms with Crippen LogP contribution in [0.15, 0.2) is 81.1 Å². The standard InChI is InChI=1S/C23H15BrClFN2O2S/c24-16-3-10-20(30-13-14-1-6-18(26)7-2-14)15(11-16)12-21-22(29)28-23(31-21)27-19-8-4-17(25)5-9-19/h1-12H,13H2,(H,27,28,29)/b21-12-. The number of halogens is 3. The van der Waals surface area contributed by atoms with Gasteiger partial charge < -0.3 is 10.1 Å². The first-order valence-electron chi connectivity index (χ1n) is 9.18. The van der Waals surface area contributed by atoms with Gasteiger partial charge in [0.25, 0.3) is 5.91 Å². The van der Waals surface area contributed by atoms with E-state index in [1.54, 1.807) is 42.5 Å². The normalized spacial score (nSPS) is 16.0. The maximum Gasteiger partial charge on any atom is 0.264 e. The Morgan fingerprint density at radius 2 is 1.84 bits per heavy atom. The highest BCUT2D eigenvalue weighted by atomic mass is 79.9. The number of aliphatic imine (C=N–C) groups is 1. The molecule has 3 aromatic rings. The molecule has 0 aliphatic carbocycles. The van der Waals surface area contributed by atoms with Crippen molar-refractivity contribution in [1.29, 1.82) is 0 Å². The van der Waals surface area contributed by atoms with E-state index in [2.05, 4.69) is 26.2 Å². The Kier molecular flexibility index (Phi) is 6.75. The second-order valence-corrected chi connectivity index (χ2v) is 8.94. The average molecular weight is 518 g/mol. The predicted molar refractivity (Wildman–Crippen MR) is 127 cm³/mol. The van der Waals surface area contributed by atoms with Crippen molar-refractivity contribution < 1.29 is 13.9 Å². The number of carbonyl (C=O) groups is 1. The van der Waals surface area contributed by atoms with E-state index in [0.717, 1.165) is 15.6 Å². The lowest BCUT2D eigenvalue weighted by molar-refractivity contribution is -0.115. The largest absolute Gasteiger partial charge is 0.488 e. The van der Waals surface area contributed by atoms with E-state index in [1.807, 2.05) is 18.2 Å². The van der Waals surface area contributed by atoms with Gasteiger partial charge in [-0.25, -0.2) is 9.38 Å². The van der Waals surface area contributed by atoms with E-state index in [0.29, 0.717) is 26.5 Å². The van der Waals surface area contributed by atoms with Crippen molar-refractivity contribution in [3.05, 3.63) is 98.1 Å².